The number of halogens is 1. The van der Waals surface area contributed by atoms with Gasteiger partial charge in [-0.15, -0.1) is 0 Å². The summed E-state index contributed by atoms with van der Waals surface area (Å²) in [5.41, 5.74) is 1.24. The molecule has 3 rings (SSSR count). The number of aromatic nitrogens is 1. The van der Waals surface area contributed by atoms with E-state index in [0.717, 1.165) is 5.52 Å². The fraction of sp³-hybridized carbons (Fsp3) is 0.467. The average molecular weight is 308 g/mol. The van der Waals surface area contributed by atoms with Crippen LogP contribution in [0.2, 0.25) is 5.02 Å². The van der Waals surface area contributed by atoms with Crippen molar-refractivity contribution in [2.45, 2.75) is 26.3 Å². The minimum Gasteiger partial charge on any atom is -0.423 e. The molecule has 2 aromatic rings. The molecule has 0 saturated carbocycles. The maximum Gasteiger partial charge on any atom is 0.298 e. The first-order chi connectivity index (χ1) is 9.82. The largest absolute Gasteiger partial charge is 0.423 e. The van der Waals surface area contributed by atoms with Crippen LogP contribution in [0.1, 0.15) is 20.8 Å². The van der Waals surface area contributed by atoms with E-state index >= 15 is 0 Å². The number of nitrogens with zero attached hydrogens (tertiary/aromatic N) is 2. The third-order valence-electron chi connectivity index (χ3n) is 3.36. The van der Waals surface area contributed by atoms with Crippen LogP contribution in [0.25, 0.3) is 11.1 Å². The summed E-state index contributed by atoms with van der Waals surface area (Å²) < 4.78 is 5.68. The zero-order valence-corrected chi connectivity index (χ0v) is 13.1. The number of fused-ring (bicyclic) bond motifs is 1. The fourth-order valence-corrected chi connectivity index (χ4v) is 2.46. The van der Waals surface area contributed by atoms with E-state index in [1.807, 2.05) is 31.7 Å². The summed E-state index contributed by atoms with van der Waals surface area (Å²) >= 11 is 5.93. The van der Waals surface area contributed by atoms with E-state index in [4.69, 9.17) is 16.0 Å². The molecule has 1 fully saturated rings. The second-order valence-electron chi connectivity index (χ2n) is 6.45. The molecule has 6 heteroatoms. The molecule has 1 aliphatic heterocycles. The number of oxazole rings is 1. The number of nitrogens with one attached hydrogen (secondary N) is 1. The number of carbonyl (C=O) groups is 1. The standard InChI is InChI=1S/C15H18ClN3O2/c1-15(2,3)18-13(20)9-7-19(8-9)14-17-11-5-4-10(16)6-12(11)21-14/h4-6,9H,7-8H2,1-3H3,(H,18,20). The van der Waals surface area contributed by atoms with E-state index in [-0.39, 0.29) is 17.4 Å². The summed E-state index contributed by atoms with van der Waals surface area (Å²) in [7, 11) is 0. The van der Waals surface area contributed by atoms with Crippen molar-refractivity contribution in [3.63, 3.8) is 0 Å². The minimum atomic E-state index is -0.203. The van der Waals surface area contributed by atoms with E-state index in [1.54, 1.807) is 12.1 Å². The summed E-state index contributed by atoms with van der Waals surface area (Å²) in [4.78, 5) is 18.4. The Labute approximate surface area is 128 Å². The van der Waals surface area contributed by atoms with Gasteiger partial charge in [0.1, 0.15) is 5.52 Å². The topological polar surface area (TPSA) is 58.4 Å². The second-order valence-corrected chi connectivity index (χ2v) is 6.89. The van der Waals surface area contributed by atoms with E-state index in [9.17, 15) is 4.79 Å². The van der Waals surface area contributed by atoms with Crippen LogP contribution in [0.5, 0.6) is 0 Å². The zero-order valence-electron chi connectivity index (χ0n) is 12.3. The molecule has 1 aromatic heterocycles. The molecule has 0 radical (unpaired) electrons. The zero-order chi connectivity index (χ0) is 15.2. The van der Waals surface area contributed by atoms with Gasteiger partial charge >= 0.3 is 0 Å². The van der Waals surface area contributed by atoms with Crippen molar-refractivity contribution in [2.75, 3.05) is 18.0 Å². The number of benzene rings is 1. The Morgan fingerprint density at radius 2 is 2.14 bits per heavy atom. The van der Waals surface area contributed by atoms with Crippen molar-refractivity contribution >= 4 is 34.6 Å². The highest BCUT2D eigenvalue weighted by atomic mass is 35.5. The molecule has 2 heterocycles. The van der Waals surface area contributed by atoms with Gasteiger partial charge in [0.2, 0.25) is 5.91 Å². The first-order valence-electron chi connectivity index (χ1n) is 6.95. The lowest BCUT2D eigenvalue weighted by molar-refractivity contribution is -0.127. The maximum absolute atomic E-state index is 12.0. The summed E-state index contributed by atoms with van der Waals surface area (Å²) in [5.74, 6) is 0.0701. The first kappa shape index (κ1) is 14.2. The Kier molecular flexibility index (Phi) is 3.32. The predicted molar refractivity (Wildman–Crippen MR) is 82.6 cm³/mol. The van der Waals surface area contributed by atoms with Crippen molar-refractivity contribution in [1.82, 2.24) is 10.3 Å². The Hall–Kier alpha value is -1.75. The normalized spacial score (nSPS) is 16.1. The maximum atomic E-state index is 12.0. The number of rotatable bonds is 2. The Morgan fingerprint density at radius 3 is 2.81 bits per heavy atom. The molecule has 1 saturated heterocycles. The van der Waals surface area contributed by atoms with Crippen molar-refractivity contribution in [3.05, 3.63) is 23.2 Å². The van der Waals surface area contributed by atoms with Gasteiger partial charge in [-0.3, -0.25) is 4.79 Å². The number of carbonyl (C=O) groups excluding carboxylic acids is 1. The lowest BCUT2D eigenvalue weighted by Gasteiger charge is -2.38. The highest BCUT2D eigenvalue weighted by Gasteiger charge is 2.36. The van der Waals surface area contributed by atoms with Crippen molar-refractivity contribution in [1.29, 1.82) is 0 Å². The highest BCUT2D eigenvalue weighted by Crippen LogP contribution is 2.29. The smallest absolute Gasteiger partial charge is 0.298 e. The number of hydrogen-bond donors (Lipinski definition) is 1. The quantitative estimate of drug-likeness (QED) is 0.927. The number of anilines is 1. The van der Waals surface area contributed by atoms with Gasteiger partial charge in [-0.25, -0.2) is 0 Å². The van der Waals surface area contributed by atoms with E-state index in [1.165, 1.54) is 0 Å². The lowest BCUT2D eigenvalue weighted by atomic mass is 9.98. The van der Waals surface area contributed by atoms with Gasteiger partial charge in [0.15, 0.2) is 5.58 Å². The molecule has 0 bridgehead atoms. The monoisotopic (exact) mass is 307 g/mol. The summed E-state index contributed by atoms with van der Waals surface area (Å²) in [6, 6.07) is 5.91. The van der Waals surface area contributed by atoms with Gasteiger partial charge in [-0.2, -0.15) is 4.98 Å². The second kappa shape index (κ2) is 4.91. The molecule has 1 aliphatic rings. The molecule has 1 aromatic carbocycles. The molecule has 0 atom stereocenters. The minimum absolute atomic E-state index is 0.0113. The molecular weight excluding hydrogens is 290 g/mol. The van der Waals surface area contributed by atoms with Gasteiger partial charge in [-0.1, -0.05) is 11.6 Å². The van der Waals surface area contributed by atoms with Crippen LogP contribution >= 0.6 is 11.6 Å². The molecule has 21 heavy (non-hydrogen) atoms. The molecule has 5 nitrogen and oxygen atoms in total. The van der Waals surface area contributed by atoms with Gasteiger partial charge in [0.05, 0.1) is 5.92 Å². The molecule has 1 N–H and O–H groups in total. The van der Waals surface area contributed by atoms with Crippen LogP contribution in [0, 0.1) is 5.92 Å². The molecule has 0 aliphatic carbocycles. The van der Waals surface area contributed by atoms with E-state index in [0.29, 0.717) is 29.7 Å². The van der Waals surface area contributed by atoms with E-state index in [2.05, 4.69) is 10.3 Å². The molecule has 0 unspecified atom stereocenters. The fourth-order valence-electron chi connectivity index (χ4n) is 2.29. The Morgan fingerprint density at radius 1 is 1.43 bits per heavy atom. The van der Waals surface area contributed by atoms with Crippen LogP contribution in [0.4, 0.5) is 6.01 Å². The van der Waals surface area contributed by atoms with E-state index < -0.39 is 0 Å². The van der Waals surface area contributed by atoms with Gasteiger partial charge in [0.25, 0.3) is 6.01 Å². The molecule has 112 valence electrons. The Bertz CT molecular complexity index is 684. The summed E-state index contributed by atoms with van der Waals surface area (Å²) in [6.45, 7) is 7.19. The number of hydrogen-bond acceptors (Lipinski definition) is 4. The van der Waals surface area contributed by atoms with Gasteiger partial charge < -0.3 is 14.6 Å². The number of amides is 1. The lowest BCUT2D eigenvalue weighted by Crippen LogP contribution is -2.56. The van der Waals surface area contributed by atoms with Crippen LogP contribution in [-0.2, 0) is 4.79 Å². The van der Waals surface area contributed by atoms with Crippen molar-refractivity contribution in [2.24, 2.45) is 5.92 Å². The average Bonchev–Trinajstić information content (AvgIpc) is 2.66. The first-order valence-corrected chi connectivity index (χ1v) is 7.33. The van der Waals surface area contributed by atoms with Gasteiger partial charge in [-0.05, 0) is 32.9 Å². The molecular formula is C15H18ClN3O2. The third kappa shape index (κ3) is 2.97. The summed E-state index contributed by atoms with van der Waals surface area (Å²) in [5, 5.41) is 3.61. The highest BCUT2D eigenvalue weighted by molar-refractivity contribution is 6.31. The molecule has 0 spiro atoms. The van der Waals surface area contributed by atoms with Crippen LogP contribution in [-0.4, -0.2) is 29.5 Å². The van der Waals surface area contributed by atoms with Crippen molar-refractivity contribution < 1.29 is 9.21 Å². The van der Waals surface area contributed by atoms with Crippen LogP contribution in [0.15, 0.2) is 22.6 Å². The third-order valence-corrected chi connectivity index (χ3v) is 3.60. The van der Waals surface area contributed by atoms with Crippen LogP contribution < -0.4 is 10.2 Å². The van der Waals surface area contributed by atoms with Crippen molar-refractivity contribution in [3.8, 4) is 0 Å². The molecule has 1 amide bonds. The predicted octanol–water partition coefficient (Wildman–Crippen LogP) is 2.83. The van der Waals surface area contributed by atoms with Gasteiger partial charge in [0, 0.05) is 29.7 Å². The summed E-state index contributed by atoms with van der Waals surface area (Å²) in [6.07, 6.45) is 0. The van der Waals surface area contributed by atoms with Crippen LogP contribution in [0.3, 0.4) is 0 Å². The Balaban J connectivity index is 1.66. The SMILES string of the molecule is CC(C)(C)NC(=O)C1CN(c2nc3ccc(Cl)cc3o2)C1.